The Balaban J connectivity index is 0.000000267. The molecule has 4 saturated carbocycles. The zero-order chi connectivity index (χ0) is 27.2. The molecule has 4 fully saturated rings. The highest BCUT2D eigenvalue weighted by Crippen LogP contribution is 2.65. The van der Waals surface area contributed by atoms with Crippen LogP contribution < -0.4 is 0 Å². The standard InChI is InChI=1S/C14H24.C12H26.C8H18/c1-13(2,3)14-7-10-4-11(8-14)6-12(5-10)9-14;1-10(2,3)9-12(7,8)11(4,5)6;1-7(2,3)8(4,5)6/h10-12H,4-9H2,1-3H3;9H2,1-8H3;1-6H3. The van der Waals surface area contributed by atoms with Gasteiger partial charge in [0.05, 0.1) is 0 Å². The van der Waals surface area contributed by atoms with Crippen molar-refractivity contribution in [1.29, 1.82) is 0 Å². The van der Waals surface area contributed by atoms with Crippen LogP contribution in [-0.4, -0.2) is 0 Å². The molecule has 0 atom stereocenters. The van der Waals surface area contributed by atoms with Crippen molar-refractivity contribution in [2.24, 2.45) is 55.7 Å². The summed E-state index contributed by atoms with van der Waals surface area (Å²) in [6, 6.07) is 0. The molecule has 0 aliphatic heterocycles. The van der Waals surface area contributed by atoms with E-state index in [1.54, 1.807) is 38.5 Å². The SMILES string of the molecule is CC(C)(C)C(C)(C)C.CC(C)(C)C12CC3CC(CC(C3)C1)C2.CC(C)(C)CC(C)(C)C(C)(C)C. The Labute approximate surface area is 218 Å². The summed E-state index contributed by atoms with van der Waals surface area (Å²) in [6.07, 6.45) is 10.7. The van der Waals surface area contributed by atoms with Crippen LogP contribution in [-0.2, 0) is 0 Å². The van der Waals surface area contributed by atoms with Crippen molar-refractivity contribution in [3.05, 3.63) is 0 Å². The van der Waals surface area contributed by atoms with Gasteiger partial charge in [-0.3, -0.25) is 0 Å². The Hall–Kier alpha value is 0. The molecule has 0 aromatic rings. The van der Waals surface area contributed by atoms with Crippen LogP contribution in [0.15, 0.2) is 0 Å². The lowest BCUT2D eigenvalue weighted by Crippen LogP contribution is -2.51. The molecule has 0 N–H and O–H groups in total. The molecule has 0 radical (unpaired) electrons. The summed E-state index contributed by atoms with van der Waals surface area (Å²) in [7, 11) is 0. The van der Waals surface area contributed by atoms with Gasteiger partial charge in [-0.15, -0.1) is 0 Å². The van der Waals surface area contributed by atoms with E-state index in [-0.39, 0.29) is 0 Å². The second-order valence-electron chi connectivity index (χ2n) is 18.8. The molecule has 4 bridgehead atoms. The average Bonchev–Trinajstić information content (AvgIpc) is 2.48. The third kappa shape index (κ3) is 8.54. The first kappa shape index (κ1) is 32.0. The first-order valence-electron chi connectivity index (χ1n) is 14.7. The molecular formula is C34H68. The molecule has 0 spiro atoms. The highest BCUT2D eigenvalue weighted by atomic mass is 14.6. The van der Waals surface area contributed by atoms with Gasteiger partial charge in [0.25, 0.3) is 0 Å². The zero-order valence-electron chi connectivity index (χ0n) is 27.2. The highest BCUT2D eigenvalue weighted by molar-refractivity contribution is 5.05. The lowest BCUT2D eigenvalue weighted by Gasteiger charge is -2.62. The Bertz CT molecular complexity index is 577. The number of hydrogen-bond acceptors (Lipinski definition) is 0. The Morgan fingerprint density at radius 3 is 0.912 bits per heavy atom. The van der Waals surface area contributed by atoms with Crippen LogP contribution in [0.2, 0.25) is 0 Å². The Morgan fingerprint density at radius 2 is 0.765 bits per heavy atom. The minimum atomic E-state index is 0.403. The molecule has 204 valence electrons. The second kappa shape index (κ2) is 10.0. The monoisotopic (exact) mass is 477 g/mol. The summed E-state index contributed by atoms with van der Waals surface area (Å²) in [5.74, 6) is 3.33. The third-order valence-electron chi connectivity index (χ3n) is 10.9. The van der Waals surface area contributed by atoms with Crippen molar-refractivity contribution in [2.45, 2.75) is 163 Å². The third-order valence-corrected chi connectivity index (χ3v) is 10.9. The zero-order valence-corrected chi connectivity index (χ0v) is 27.2. The van der Waals surface area contributed by atoms with Gasteiger partial charge < -0.3 is 0 Å². The quantitative estimate of drug-likeness (QED) is 0.353. The average molecular weight is 477 g/mol. The van der Waals surface area contributed by atoms with Gasteiger partial charge in [0.15, 0.2) is 0 Å². The van der Waals surface area contributed by atoms with E-state index in [0.29, 0.717) is 32.5 Å². The predicted molar refractivity (Wildman–Crippen MR) is 156 cm³/mol. The highest BCUT2D eigenvalue weighted by Gasteiger charge is 2.55. The van der Waals surface area contributed by atoms with E-state index in [4.69, 9.17) is 0 Å². The molecule has 0 unspecified atom stereocenters. The summed E-state index contributed by atoms with van der Waals surface area (Å²) in [6.45, 7) is 39.8. The second-order valence-corrected chi connectivity index (χ2v) is 18.8. The molecule has 4 rings (SSSR count). The summed E-state index contributed by atoms with van der Waals surface area (Å²) < 4.78 is 0. The number of hydrogen-bond donors (Lipinski definition) is 0. The van der Waals surface area contributed by atoms with Crippen molar-refractivity contribution in [2.75, 3.05) is 0 Å². The van der Waals surface area contributed by atoms with Gasteiger partial charge in [-0.1, -0.05) is 118 Å². The van der Waals surface area contributed by atoms with Crippen molar-refractivity contribution in [3.63, 3.8) is 0 Å². The maximum Gasteiger partial charge on any atom is -0.0241 e. The van der Waals surface area contributed by atoms with Crippen molar-refractivity contribution < 1.29 is 0 Å². The molecule has 0 aromatic heterocycles. The molecule has 0 aromatic carbocycles. The van der Waals surface area contributed by atoms with Crippen LogP contribution in [0.3, 0.4) is 0 Å². The summed E-state index contributed by atoms with van der Waals surface area (Å²) >= 11 is 0. The Kier molecular flexibility index (Phi) is 9.46. The van der Waals surface area contributed by atoms with Gasteiger partial charge >= 0.3 is 0 Å². The molecule has 0 nitrogen and oxygen atoms in total. The Morgan fingerprint density at radius 1 is 0.471 bits per heavy atom. The van der Waals surface area contributed by atoms with Crippen LogP contribution in [0, 0.1) is 55.7 Å². The maximum absolute atomic E-state index is 2.49. The van der Waals surface area contributed by atoms with Crippen LogP contribution in [0.5, 0.6) is 0 Å². The van der Waals surface area contributed by atoms with Crippen LogP contribution in [0.1, 0.15) is 163 Å². The topological polar surface area (TPSA) is 0 Å². The minimum absolute atomic E-state index is 0.403. The van der Waals surface area contributed by atoms with Gasteiger partial charge in [0.1, 0.15) is 0 Å². The molecule has 0 amide bonds. The van der Waals surface area contributed by atoms with Gasteiger partial charge in [-0.25, -0.2) is 0 Å². The van der Waals surface area contributed by atoms with E-state index in [1.807, 2.05) is 0 Å². The molecule has 34 heavy (non-hydrogen) atoms. The van der Waals surface area contributed by atoms with E-state index in [2.05, 4.69) is 118 Å². The molecular weight excluding hydrogens is 408 g/mol. The summed E-state index contributed by atoms with van der Waals surface area (Å²) in [4.78, 5) is 0. The van der Waals surface area contributed by atoms with Crippen molar-refractivity contribution >= 4 is 0 Å². The fourth-order valence-electron chi connectivity index (χ4n) is 6.62. The van der Waals surface area contributed by atoms with E-state index in [9.17, 15) is 0 Å². The first-order chi connectivity index (χ1) is 14.7. The van der Waals surface area contributed by atoms with E-state index in [0.717, 1.165) is 23.2 Å². The lowest BCUT2D eigenvalue weighted by atomic mass is 9.43. The van der Waals surface area contributed by atoms with Gasteiger partial charge in [0, 0.05) is 0 Å². The fraction of sp³-hybridized carbons (Fsp3) is 1.00. The van der Waals surface area contributed by atoms with Gasteiger partial charge in [-0.05, 0) is 101 Å². The smallest absolute Gasteiger partial charge is 0.0241 e. The minimum Gasteiger partial charge on any atom is -0.0602 e. The maximum atomic E-state index is 2.49. The first-order valence-corrected chi connectivity index (χ1v) is 14.7. The normalized spacial score (nSPS) is 29.7. The summed E-state index contributed by atoms with van der Waals surface area (Å²) in [5, 5.41) is 0. The fourth-order valence-corrected chi connectivity index (χ4v) is 6.62. The molecule has 0 saturated heterocycles. The lowest BCUT2D eigenvalue weighted by molar-refractivity contribution is -0.113. The number of rotatable bonds is 1. The van der Waals surface area contributed by atoms with Crippen LogP contribution >= 0.6 is 0 Å². The molecule has 4 aliphatic carbocycles. The molecule has 0 heteroatoms. The van der Waals surface area contributed by atoms with Crippen LogP contribution in [0.25, 0.3) is 0 Å². The van der Waals surface area contributed by atoms with E-state index < -0.39 is 0 Å². The summed E-state index contributed by atoms with van der Waals surface area (Å²) in [5.41, 5.74) is 3.44. The molecule has 0 heterocycles. The van der Waals surface area contributed by atoms with Gasteiger partial charge in [0.2, 0.25) is 0 Å². The van der Waals surface area contributed by atoms with Gasteiger partial charge in [-0.2, -0.15) is 0 Å². The van der Waals surface area contributed by atoms with Crippen molar-refractivity contribution in [1.82, 2.24) is 0 Å². The van der Waals surface area contributed by atoms with Crippen LogP contribution in [0.4, 0.5) is 0 Å². The van der Waals surface area contributed by atoms with E-state index >= 15 is 0 Å². The van der Waals surface area contributed by atoms with Crippen molar-refractivity contribution in [3.8, 4) is 0 Å². The largest absolute Gasteiger partial charge is 0.0602 e. The molecule has 4 aliphatic rings. The predicted octanol–water partition coefficient (Wildman–Crippen LogP) is 11.8. The van der Waals surface area contributed by atoms with E-state index in [1.165, 1.54) is 6.42 Å².